The zero-order chi connectivity index (χ0) is 17.8. The van der Waals surface area contributed by atoms with Gasteiger partial charge in [0.05, 0.1) is 0 Å². The monoisotopic (exact) mass is 340 g/mol. The number of aryl methyl sites for hydroxylation is 1. The van der Waals surface area contributed by atoms with Crippen molar-refractivity contribution in [3.05, 3.63) is 90.5 Å². The fourth-order valence-corrected chi connectivity index (χ4v) is 3.12. The Morgan fingerprint density at radius 1 is 0.846 bits per heavy atom. The summed E-state index contributed by atoms with van der Waals surface area (Å²) < 4.78 is 0. The first-order valence-corrected chi connectivity index (χ1v) is 8.80. The van der Waals surface area contributed by atoms with E-state index in [-0.39, 0.29) is 5.91 Å². The maximum Gasteiger partial charge on any atom is 0.224 e. The number of hydrogen-bond acceptors (Lipinski definition) is 1. The predicted octanol–water partition coefficient (Wildman–Crippen LogP) is 5.41. The molecular weight excluding hydrogens is 320 g/mol. The zero-order valence-corrected chi connectivity index (χ0v) is 14.4. The van der Waals surface area contributed by atoms with Crippen molar-refractivity contribution in [2.24, 2.45) is 0 Å². The Kier molecular flexibility index (Phi) is 4.52. The van der Waals surface area contributed by atoms with E-state index < -0.39 is 0 Å². The molecule has 1 aromatic heterocycles. The molecule has 2 N–H and O–H groups in total. The number of benzene rings is 3. The van der Waals surface area contributed by atoms with Crippen molar-refractivity contribution in [1.29, 1.82) is 0 Å². The zero-order valence-electron chi connectivity index (χ0n) is 14.4. The lowest BCUT2D eigenvalue weighted by atomic mass is 10.1. The van der Waals surface area contributed by atoms with Crippen LogP contribution in [0.1, 0.15) is 12.0 Å². The van der Waals surface area contributed by atoms with Crippen molar-refractivity contribution in [2.75, 3.05) is 5.32 Å². The fraction of sp³-hybridized carbons (Fsp3) is 0.0870. The van der Waals surface area contributed by atoms with Crippen molar-refractivity contribution in [2.45, 2.75) is 12.8 Å². The first-order chi connectivity index (χ1) is 12.8. The van der Waals surface area contributed by atoms with Crippen LogP contribution in [0, 0.1) is 0 Å². The van der Waals surface area contributed by atoms with Crippen LogP contribution in [0.15, 0.2) is 84.9 Å². The topological polar surface area (TPSA) is 44.9 Å². The molecule has 3 heteroatoms. The summed E-state index contributed by atoms with van der Waals surface area (Å²) in [4.78, 5) is 15.7. The van der Waals surface area contributed by atoms with Crippen LogP contribution in [0.25, 0.3) is 22.2 Å². The van der Waals surface area contributed by atoms with Gasteiger partial charge in [0.25, 0.3) is 0 Å². The van der Waals surface area contributed by atoms with Gasteiger partial charge in [-0.1, -0.05) is 60.7 Å². The standard InChI is InChI=1S/C23H20N2O/c26-23(14-13-17-7-2-1-3-8-17)24-20-11-6-10-18(15-20)22-16-19-9-4-5-12-21(19)25-22/h1-12,15-16,25H,13-14H2,(H,24,26). The Bertz CT molecular complexity index is 1000. The van der Waals surface area contributed by atoms with Gasteiger partial charge in [0, 0.05) is 34.3 Å². The summed E-state index contributed by atoms with van der Waals surface area (Å²) in [6.45, 7) is 0. The van der Waals surface area contributed by atoms with Gasteiger partial charge in [0.2, 0.25) is 5.91 Å². The summed E-state index contributed by atoms with van der Waals surface area (Å²) in [5.41, 5.74) is 5.21. The summed E-state index contributed by atoms with van der Waals surface area (Å²) in [6.07, 6.45) is 1.22. The van der Waals surface area contributed by atoms with Gasteiger partial charge in [-0.05, 0) is 36.2 Å². The number of nitrogens with one attached hydrogen (secondary N) is 2. The molecule has 0 spiro atoms. The second-order valence-electron chi connectivity index (χ2n) is 6.38. The lowest BCUT2D eigenvalue weighted by molar-refractivity contribution is -0.116. The Balaban J connectivity index is 1.46. The molecule has 0 saturated carbocycles. The van der Waals surface area contributed by atoms with Crippen LogP contribution >= 0.6 is 0 Å². The number of hydrogen-bond donors (Lipinski definition) is 2. The molecule has 3 aromatic carbocycles. The second kappa shape index (κ2) is 7.28. The molecule has 0 atom stereocenters. The Hall–Kier alpha value is -3.33. The summed E-state index contributed by atoms with van der Waals surface area (Å²) >= 11 is 0. The minimum Gasteiger partial charge on any atom is -0.355 e. The lowest BCUT2D eigenvalue weighted by Crippen LogP contribution is -2.12. The Morgan fingerprint density at radius 2 is 1.65 bits per heavy atom. The van der Waals surface area contributed by atoms with Crippen LogP contribution in [-0.2, 0) is 11.2 Å². The summed E-state index contributed by atoms with van der Waals surface area (Å²) in [7, 11) is 0. The highest BCUT2D eigenvalue weighted by Crippen LogP contribution is 2.26. The number of aromatic nitrogens is 1. The molecule has 0 aliphatic heterocycles. The van der Waals surface area contributed by atoms with E-state index in [4.69, 9.17) is 0 Å². The van der Waals surface area contributed by atoms with E-state index in [1.54, 1.807) is 0 Å². The maximum absolute atomic E-state index is 12.3. The number of carbonyl (C=O) groups excluding carboxylic acids is 1. The van der Waals surface area contributed by atoms with Crippen molar-refractivity contribution in [1.82, 2.24) is 4.98 Å². The van der Waals surface area contributed by atoms with Gasteiger partial charge in [0.1, 0.15) is 0 Å². The summed E-state index contributed by atoms with van der Waals surface area (Å²) in [5.74, 6) is 0.0302. The molecule has 0 bridgehead atoms. The van der Waals surface area contributed by atoms with Gasteiger partial charge < -0.3 is 10.3 Å². The number of rotatable bonds is 5. The van der Waals surface area contributed by atoms with Crippen LogP contribution in [-0.4, -0.2) is 10.9 Å². The minimum absolute atomic E-state index is 0.0302. The fourth-order valence-electron chi connectivity index (χ4n) is 3.12. The Labute approximate surface area is 152 Å². The molecule has 4 rings (SSSR count). The molecule has 26 heavy (non-hydrogen) atoms. The number of anilines is 1. The average molecular weight is 340 g/mol. The molecule has 4 aromatic rings. The van der Waals surface area contributed by atoms with E-state index >= 15 is 0 Å². The van der Waals surface area contributed by atoms with Crippen LogP contribution in [0.5, 0.6) is 0 Å². The number of carbonyl (C=O) groups is 1. The van der Waals surface area contributed by atoms with Crippen molar-refractivity contribution >= 4 is 22.5 Å². The quantitative estimate of drug-likeness (QED) is 0.501. The number of H-pyrrole nitrogens is 1. The highest BCUT2D eigenvalue weighted by molar-refractivity contribution is 5.92. The van der Waals surface area contributed by atoms with Gasteiger partial charge in [-0.3, -0.25) is 4.79 Å². The van der Waals surface area contributed by atoms with E-state index in [1.165, 1.54) is 10.9 Å². The van der Waals surface area contributed by atoms with E-state index in [2.05, 4.69) is 28.5 Å². The minimum atomic E-state index is 0.0302. The molecule has 1 amide bonds. The molecule has 128 valence electrons. The van der Waals surface area contributed by atoms with Gasteiger partial charge in [0.15, 0.2) is 0 Å². The number of amides is 1. The third kappa shape index (κ3) is 3.67. The Morgan fingerprint density at radius 3 is 2.50 bits per heavy atom. The smallest absolute Gasteiger partial charge is 0.224 e. The van der Waals surface area contributed by atoms with Crippen molar-refractivity contribution in [3.63, 3.8) is 0 Å². The average Bonchev–Trinajstić information content (AvgIpc) is 3.12. The van der Waals surface area contributed by atoms with Gasteiger partial charge in [-0.2, -0.15) is 0 Å². The first kappa shape index (κ1) is 16.2. The van der Waals surface area contributed by atoms with Crippen LogP contribution in [0.2, 0.25) is 0 Å². The van der Waals surface area contributed by atoms with E-state index in [0.29, 0.717) is 6.42 Å². The highest BCUT2D eigenvalue weighted by atomic mass is 16.1. The summed E-state index contributed by atoms with van der Waals surface area (Å²) in [6, 6.07) is 28.3. The van der Waals surface area contributed by atoms with E-state index in [0.717, 1.165) is 28.9 Å². The van der Waals surface area contributed by atoms with E-state index in [1.807, 2.05) is 66.7 Å². The van der Waals surface area contributed by atoms with Gasteiger partial charge >= 0.3 is 0 Å². The van der Waals surface area contributed by atoms with Crippen molar-refractivity contribution < 1.29 is 4.79 Å². The molecule has 1 heterocycles. The van der Waals surface area contributed by atoms with Gasteiger partial charge in [-0.15, -0.1) is 0 Å². The molecule has 0 aliphatic carbocycles. The molecule has 0 saturated heterocycles. The lowest BCUT2D eigenvalue weighted by Gasteiger charge is -2.07. The van der Waals surface area contributed by atoms with Crippen LogP contribution in [0.3, 0.4) is 0 Å². The SMILES string of the molecule is O=C(CCc1ccccc1)Nc1cccc(-c2cc3ccccc3[nH]2)c1. The molecule has 3 nitrogen and oxygen atoms in total. The van der Waals surface area contributed by atoms with Gasteiger partial charge in [-0.25, -0.2) is 0 Å². The summed E-state index contributed by atoms with van der Waals surface area (Å²) in [5, 5.41) is 4.18. The second-order valence-corrected chi connectivity index (χ2v) is 6.38. The maximum atomic E-state index is 12.3. The molecular formula is C23H20N2O. The van der Waals surface area contributed by atoms with Crippen molar-refractivity contribution in [3.8, 4) is 11.3 Å². The molecule has 0 aliphatic rings. The first-order valence-electron chi connectivity index (χ1n) is 8.80. The number of aromatic amines is 1. The predicted molar refractivity (Wildman–Crippen MR) is 107 cm³/mol. The number of fused-ring (bicyclic) bond motifs is 1. The molecule has 0 unspecified atom stereocenters. The molecule has 0 fully saturated rings. The third-order valence-electron chi connectivity index (χ3n) is 4.47. The largest absolute Gasteiger partial charge is 0.355 e. The molecule has 0 radical (unpaired) electrons. The van der Waals surface area contributed by atoms with E-state index in [9.17, 15) is 4.79 Å². The third-order valence-corrected chi connectivity index (χ3v) is 4.47. The highest BCUT2D eigenvalue weighted by Gasteiger charge is 2.06. The normalized spacial score (nSPS) is 10.8. The van der Waals surface area contributed by atoms with Crippen LogP contribution < -0.4 is 5.32 Å². The van der Waals surface area contributed by atoms with Crippen LogP contribution in [0.4, 0.5) is 5.69 Å². The number of para-hydroxylation sites is 1.